The van der Waals surface area contributed by atoms with Crippen molar-refractivity contribution in [1.82, 2.24) is 0 Å². The van der Waals surface area contributed by atoms with E-state index in [4.69, 9.17) is 4.74 Å². The molecule has 1 aliphatic rings. The van der Waals surface area contributed by atoms with E-state index >= 15 is 8.78 Å². The van der Waals surface area contributed by atoms with Gasteiger partial charge in [0.1, 0.15) is 0 Å². The first-order valence-corrected chi connectivity index (χ1v) is 13.6. The molecular weight excluding hydrogens is 476 g/mol. The second-order valence-electron chi connectivity index (χ2n) is 10.2. The predicted molar refractivity (Wildman–Crippen MR) is 142 cm³/mol. The fourth-order valence-electron chi connectivity index (χ4n) is 5.46. The van der Waals surface area contributed by atoms with Crippen molar-refractivity contribution in [1.29, 1.82) is 0 Å². The highest BCUT2D eigenvalue weighted by Gasteiger charge is 2.26. The summed E-state index contributed by atoms with van der Waals surface area (Å²) in [5, 5.41) is 0. The van der Waals surface area contributed by atoms with Crippen LogP contribution in [-0.2, 0) is 0 Å². The number of hydrogen-bond acceptors (Lipinski definition) is 1. The largest absolute Gasteiger partial charge is 0.490 e. The Balaban J connectivity index is 1.48. The molecule has 5 heteroatoms. The van der Waals surface area contributed by atoms with Gasteiger partial charge in [0, 0.05) is 11.1 Å². The van der Waals surface area contributed by atoms with Crippen molar-refractivity contribution in [3.63, 3.8) is 0 Å². The highest BCUT2D eigenvalue weighted by molar-refractivity contribution is 5.71. The number of unbranched alkanes of at least 4 members (excludes halogenated alkanes) is 2. The Morgan fingerprint density at radius 2 is 1.24 bits per heavy atom. The molecule has 37 heavy (non-hydrogen) atoms. The summed E-state index contributed by atoms with van der Waals surface area (Å²) in [7, 11) is 0. The van der Waals surface area contributed by atoms with Gasteiger partial charge in [-0.25, -0.2) is 13.2 Å². The molecule has 198 valence electrons. The third kappa shape index (κ3) is 6.19. The van der Waals surface area contributed by atoms with Crippen molar-refractivity contribution in [2.45, 2.75) is 77.6 Å². The number of benzene rings is 3. The van der Waals surface area contributed by atoms with Gasteiger partial charge in [-0.2, -0.15) is 4.39 Å². The van der Waals surface area contributed by atoms with Gasteiger partial charge < -0.3 is 4.74 Å². The molecule has 0 saturated heterocycles. The highest BCUT2D eigenvalue weighted by atomic mass is 19.2. The smallest absolute Gasteiger partial charge is 0.201 e. The minimum atomic E-state index is -1.03. The molecule has 0 spiro atoms. The standard InChI is InChI=1S/C32H36F4O/c1-3-5-6-7-21-8-10-22(11-9-21)25-16-17-26(30(34)29(25)33)23-12-14-24(15-13-23)27-18-19-28(37-20-4-2)32(36)31(27)35/h12-19,21-22H,3-11,20H2,1-2H3. The van der Waals surface area contributed by atoms with E-state index in [0.29, 0.717) is 35.6 Å². The summed E-state index contributed by atoms with van der Waals surface area (Å²) in [5.74, 6) is -3.03. The number of hydrogen-bond donors (Lipinski definition) is 0. The maximum absolute atomic E-state index is 15.2. The van der Waals surface area contributed by atoms with Crippen LogP contribution in [0.25, 0.3) is 22.3 Å². The topological polar surface area (TPSA) is 9.23 Å². The summed E-state index contributed by atoms with van der Waals surface area (Å²) in [4.78, 5) is 0. The summed E-state index contributed by atoms with van der Waals surface area (Å²) in [6.45, 7) is 4.38. The third-order valence-electron chi connectivity index (χ3n) is 7.63. The van der Waals surface area contributed by atoms with E-state index in [-0.39, 0.29) is 22.8 Å². The molecule has 0 N–H and O–H groups in total. The van der Waals surface area contributed by atoms with Crippen LogP contribution in [0.1, 0.15) is 83.1 Å². The van der Waals surface area contributed by atoms with Crippen LogP contribution in [0.3, 0.4) is 0 Å². The molecule has 3 aromatic carbocycles. The highest BCUT2D eigenvalue weighted by Crippen LogP contribution is 2.40. The molecular formula is C32H36F4O. The SMILES string of the molecule is CCCCCC1CCC(c2ccc(-c3ccc(-c4ccc(OCCC)c(F)c4F)cc3)c(F)c2F)CC1. The van der Waals surface area contributed by atoms with E-state index < -0.39 is 23.3 Å². The van der Waals surface area contributed by atoms with Gasteiger partial charge in [0.25, 0.3) is 0 Å². The molecule has 0 radical (unpaired) electrons. The molecule has 0 amide bonds. The quantitative estimate of drug-likeness (QED) is 0.194. The zero-order valence-electron chi connectivity index (χ0n) is 21.8. The average molecular weight is 513 g/mol. The van der Waals surface area contributed by atoms with Crippen LogP contribution in [0, 0.1) is 29.2 Å². The molecule has 3 aromatic rings. The van der Waals surface area contributed by atoms with Crippen LogP contribution in [0.5, 0.6) is 5.75 Å². The molecule has 0 heterocycles. The van der Waals surface area contributed by atoms with Crippen molar-refractivity contribution < 1.29 is 22.3 Å². The minimum absolute atomic E-state index is 0.0514. The molecule has 0 aliphatic heterocycles. The first kappa shape index (κ1) is 27.2. The maximum atomic E-state index is 15.2. The summed E-state index contributed by atoms with van der Waals surface area (Å²) >= 11 is 0. The maximum Gasteiger partial charge on any atom is 0.201 e. The lowest BCUT2D eigenvalue weighted by Gasteiger charge is -2.29. The van der Waals surface area contributed by atoms with E-state index in [2.05, 4.69) is 6.92 Å². The molecule has 0 atom stereocenters. The van der Waals surface area contributed by atoms with Crippen LogP contribution in [0.15, 0.2) is 48.5 Å². The van der Waals surface area contributed by atoms with E-state index in [9.17, 15) is 8.78 Å². The molecule has 1 saturated carbocycles. The Labute approximate surface area is 217 Å². The molecule has 0 unspecified atom stereocenters. The second kappa shape index (κ2) is 12.6. The lowest BCUT2D eigenvalue weighted by atomic mass is 9.76. The van der Waals surface area contributed by atoms with Crippen molar-refractivity contribution in [2.24, 2.45) is 5.92 Å². The van der Waals surface area contributed by atoms with Gasteiger partial charge in [0.15, 0.2) is 23.2 Å². The van der Waals surface area contributed by atoms with Crippen LogP contribution in [-0.4, -0.2) is 6.61 Å². The third-order valence-corrected chi connectivity index (χ3v) is 7.63. The Morgan fingerprint density at radius 3 is 1.84 bits per heavy atom. The van der Waals surface area contributed by atoms with E-state index in [1.54, 1.807) is 36.4 Å². The van der Waals surface area contributed by atoms with Gasteiger partial charge in [-0.1, -0.05) is 75.9 Å². The van der Waals surface area contributed by atoms with Crippen LogP contribution in [0.2, 0.25) is 0 Å². The predicted octanol–water partition coefficient (Wildman–Crippen LogP) is 10.2. The monoisotopic (exact) mass is 512 g/mol. The summed E-state index contributed by atoms with van der Waals surface area (Å²) < 4.78 is 64.7. The van der Waals surface area contributed by atoms with Crippen molar-refractivity contribution in [3.05, 3.63) is 77.4 Å². The number of ether oxygens (including phenoxy) is 1. The Kier molecular flexibility index (Phi) is 9.28. The van der Waals surface area contributed by atoms with Crippen molar-refractivity contribution >= 4 is 0 Å². The van der Waals surface area contributed by atoms with Gasteiger partial charge in [-0.3, -0.25) is 0 Å². The molecule has 1 aliphatic carbocycles. The summed E-state index contributed by atoms with van der Waals surface area (Å²) in [5.41, 5.74) is 1.63. The fraction of sp³-hybridized carbons (Fsp3) is 0.438. The normalized spacial score (nSPS) is 17.7. The molecule has 1 nitrogen and oxygen atoms in total. The first-order valence-electron chi connectivity index (χ1n) is 13.6. The minimum Gasteiger partial charge on any atom is -0.490 e. The second-order valence-corrected chi connectivity index (χ2v) is 10.2. The number of rotatable bonds is 10. The van der Waals surface area contributed by atoms with Gasteiger partial charge in [0.05, 0.1) is 6.61 Å². The Morgan fingerprint density at radius 1 is 0.649 bits per heavy atom. The zero-order chi connectivity index (χ0) is 26.4. The Bertz CT molecular complexity index is 1180. The molecule has 0 aromatic heterocycles. The Hall–Kier alpha value is -2.82. The van der Waals surface area contributed by atoms with Gasteiger partial charge in [-0.15, -0.1) is 0 Å². The number of halogens is 4. The molecule has 1 fully saturated rings. The van der Waals surface area contributed by atoms with Crippen LogP contribution in [0.4, 0.5) is 17.6 Å². The molecule has 4 rings (SSSR count). The van der Waals surface area contributed by atoms with E-state index in [0.717, 1.165) is 25.7 Å². The average Bonchev–Trinajstić information content (AvgIpc) is 2.92. The van der Waals surface area contributed by atoms with Gasteiger partial charge in [-0.05, 0) is 72.8 Å². The fourth-order valence-corrected chi connectivity index (χ4v) is 5.46. The van der Waals surface area contributed by atoms with E-state index in [1.807, 2.05) is 6.92 Å². The summed E-state index contributed by atoms with van der Waals surface area (Å²) in [6.07, 6.45) is 9.57. The lowest BCUT2D eigenvalue weighted by Crippen LogP contribution is -2.15. The van der Waals surface area contributed by atoms with Crippen molar-refractivity contribution in [2.75, 3.05) is 6.61 Å². The lowest BCUT2D eigenvalue weighted by molar-refractivity contribution is 0.295. The van der Waals surface area contributed by atoms with Gasteiger partial charge in [0.2, 0.25) is 5.82 Å². The van der Waals surface area contributed by atoms with Crippen LogP contribution >= 0.6 is 0 Å². The summed E-state index contributed by atoms with van der Waals surface area (Å²) in [6, 6.07) is 12.6. The van der Waals surface area contributed by atoms with Crippen LogP contribution < -0.4 is 4.74 Å². The van der Waals surface area contributed by atoms with Gasteiger partial charge >= 0.3 is 0 Å². The molecule has 0 bridgehead atoms. The van der Waals surface area contributed by atoms with Crippen molar-refractivity contribution in [3.8, 4) is 28.0 Å². The van der Waals surface area contributed by atoms with E-state index in [1.165, 1.54) is 37.8 Å². The zero-order valence-corrected chi connectivity index (χ0v) is 21.8. The first-order chi connectivity index (χ1) is 17.9.